The molecule has 0 rings (SSSR count). The smallest absolute Gasteiger partial charge is 0.100 e. The summed E-state index contributed by atoms with van der Waals surface area (Å²) in [5.41, 5.74) is 0. The van der Waals surface area contributed by atoms with Gasteiger partial charge in [-0.2, -0.15) is 0 Å². The van der Waals surface area contributed by atoms with E-state index in [2.05, 4.69) is 11.6 Å². The van der Waals surface area contributed by atoms with Crippen LogP contribution < -0.4 is 0 Å². The minimum Gasteiger partial charge on any atom is -0.366 e. The fourth-order valence-electron chi connectivity index (χ4n) is 0.327. The Kier molecular flexibility index (Phi) is 4.29. The van der Waals surface area contributed by atoms with Gasteiger partial charge in [-0.1, -0.05) is 12.7 Å². The third kappa shape index (κ3) is 3.89. The molecular formula is C8H14N2. The zero-order valence-electron chi connectivity index (χ0n) is 6.83. The van der Waals surface area contributed by atoms with Gasteiger partial charge in [0.1, 0.15) is 5.84 Å². The molecule has 0 aliphatic carbocycles. The Bertz CT molecular complexity index is 155. The van der Waals surface area contributed by atoms with Crippen LogP contribution in [0.4, 0.5) is 0 Å². The van der Waals surface area contributed by atoms with Gasteiger partial charge in [-0.15, -0.1) is 0 Å². The summed E-state index contributed by atoms with van der Waals surface area (Å²) in [6.07, 6.45) is 5.22. The van der Waals surface area contributed by atoms with Gasteiger partial charge in [0.2, 0.25) is 0 Å². The van der Waals surface area contributed by atoms with Gasteiger partial charge in [-0.25, -0.2) is 4.99 Å². The van der Waals surface area contributed by atoms with Crippen LogP contribution >= 0.6 is 0 Å². The van der Waals surface area contributed by atoms with E-state index in [4.69, 9.17) is 0 Å². The van der Waals surface area contributed by atoms with Crippen molar-refractivity contribution in [2.75, 3.05) is 14.1 Å². The highest BCUT2D eigenvalue weighted by atomic mass is 15.1. The molecule has 2 nitrogen and oxygen atoms in total. The lowest BCUT2D eigenvalue weighted by atomic mass is 10.6. The van der Waals surface area contributed by atoms with Crippen LogP contribution in [0.15, 0.2) is 29.9 Å². The summed E-state index contributed by atoms with van der Waals surface area (Å²) in [4.78, 5) is 6.06. The number of allylic oxidation sites excluding steroid dienone is 2. The van der Waals surface area contributed by atoms with Gasteiger partial charge in [-0.3, -0.25) is 0 Å². The van der Waals surface area contributed by atoms with Crippen molar-refractivity contribution in [3.05, 3.63) is 24.9 Å². The van der Waals surface area contributed by atoms with Crippen molar-refractivity contribution in [3.63, 3.8) is 0 Å². The Morgan fingerprint density at radius 1 is 1.50 bits per heavy atom. The van der Waals surface area contributed by atoms with Gasteiger partial charge in [0.25, 0.3) is 0 Å². The molecule has 56 valence electrons. The summed E-state index contributed by atoms with van der Waals surface area (Å²) >= 11 is 0. The van der Waals surface area contributed by atoms with Gasteiger partial charge < -0.3 is 4.90 Å². The predicted molar refractivity (Wildman–Crippen MR) is 46.1 cm³/mol. The first-order valence-electron chi connectivity index (χ1n) is 3.17. The van der Waals surface area contributed by atoms with E-state index in [1.807, 2.05) is 25.9 Å². The lowest BCUT2D eigenvalue weighted by Crippen LogP contribution is -2.17. The third-order valence-corrected chi connectivity index (χ3v) is 1.13. The number of aliphatic imine (C=N–C) groups is 1. The maximum Gasteiger partial charge on any atom is 0.100 e. The Hall–Kier alpha value is -1.05. The second-order valence-electron chi connectivity index (χ2n) is 2.15. The van der Waals surface area contributed by atoms with Gasteiger partial charge in [0.15, 0.2) is 0 Å². The third-order valence-electron chi connectivity index (χ3n) is 1.13. The SMILES string of the molecule is C=C/C=C\N=C(/C)N(C)C. The molecule has 2 heteroatoms. The largest absolute Gasteiger partial charge is 0.366 e. The van der Waals surface area contributed by atoms with Crippen LogP contribution in [-0.2, 0) is 0 Å². The quantitative estimate of drug-likeness (QED) is 0.322. The van der Waals surface area contributed by atoms with E-state index in [0.29, 0.717) is 0 Å². The van der Waals surface area contributed by atoms with Crippen LogP contribution in [0.5, 0.6) is 0 Å². The van der Waals surface area contributed by atoms with Crippen LogP contribution in [-0.4, -0.2) is 24.8 Å². The molecule has 0 aliphatic rings. The normalized spacial score (nSPS) is 12.1. The van der Waals surface area contributed by atoms with Crippen LogP contribution in [0.25, 0.3) is 0 Å². The van der Waals surface area contributed by atoms with Crippen LogP contribution in [0, 0.1) is 0 Å². The first-order chi connectivity index (χ1) is 4.68. The molecule has 0 atom stereocenters. The molecule has 0 aromatic heterocycles. The van der Waals surface area contributed by atoms with Crippen molar-refractivity contribution in [1.29, 1.82) is 0 Å². The molecule has 0 heterocycles. The second-order valence-corrected chi connectivity index (χ2v) is 2.15. The van der Waals surface area contributed by atoms with Gasteiger partial charge in [-0.05, 0) is 13.0 Å². The predicted octanol–water partition coefficient (Wildman–Crippen LogP) is 1.67. The first-order valence-corrected chi connectivity index (χ1v) is 3.17. The Labute approximate surface area is 62.6 Å². The molecule has 0 unspecified atom stereocenters. The molecule has 0 aromatic rings. The molecule has 0 N–H and O–H groups in total. The van der Waals surface area contributed by atoms with Crippen molar-refractivity contribution < 1.29 is 0 Å². The monoisotopic (exact) mass is 138 g/mol. The summed E-state index contributed by atoms with van der Waals surface area (Å²) in [6.45, 7) is 5.48. The van der Waals surface area contributed by atoms with Crippen molar-refractivity contribution in [2.45, 2.75) is 6.92 Å². The molecule has 0 spiro atoms. The minimum absolute atomic E-state index is 0.984. The lowest BCUT2D eigenvalue weighted by Gasteiger charge is -2.08. The maximum atomic E-state index is 4.10. The standard InChI is InChI=1S/C8H14N2/c1-5-6-7-9-8(2)10(3)4/h5-7H,1H2,2-4H3/b7-6-,9-8+. The van der Waals surface area contributed by atoms with Crippen molar-refractivity contribution in [2.24, 2.45) is 4.99 Å². The van der Waals surface area contributed by atoms with Gasteiger partial charge in [0.05, 0.1) is 0 Å². The highest BCUT2D eigenvalue weighted by molar-refractivity contribution is 5.79. The number of hydrogen-bond acceptors (Lipinski definition) is 1. The number of rotatable bonds is 2. The topological polar surface area (TPSA) is 15.6 Å². The molecule has 0 radical (unpaired) electrons. The second kappa shape index (κ2) is 4.79. The first kappa shape index (κ1) is 8.95. The van der Waals surface area contributed by atoms with Crippen LogP contribution in [0.3, 0.4) is 0 Å². The molecule has 10 heavy (non-hydrogen) atoms. The molecule has 0 saturated heterocycles. The average molecular weight is 138 g/mol. The molecule has 0 saturated carbocycles. The fraction of sp³-hybridized carbons (Fsp3) is 0.375. The number of nitrogens with zero attached hydrogens (tertiary/aromatic N) is 2. The number of amidine groups is 1. The zero-order chi connectivity index (χ0) is 7.98. The van der Waals surface area contributed by atoms with Crippen molar-refractivity contribution in [1.82, 2.24) is 4.90 Å². The summed E-state index contributed by atoms with van der Waals surface area (Å²) in [6, 6.07) is 0. The Morgan fingerprint density at radius 2 is 2.10 bits per heavy atom. The highest BCUT2D eigenvalue weighted by Gasteiger charge is 1.86. The maximum absolute atomic E-state index is 4.10. The van der Waals surface area contributed by atoms with Crippen LogP contribution in [0.2, 0.25) is 0 Å². The van der Waals surface area contributed by atoms with E-state index in [0.717, 1.165) is 5.84 Å². The average Bonchev–Trinajstić information content (AvgIpc) is 1.88. The van der Waals surface area contributed by atoms with E-state index < -0.39 is 0 Å². The molecule has 0 amide bonds. The molecule has 0 aromatic carbocycles. The summed E-state index contributed by atoms with van der Waals surface area (Å²) < 4.78 is 0. The van der Waals surface area contributed by atoms with Crippen molar-refractivity contribution >= 4 is 5.84 Å². The summed E-state index contributed by atoms with van der Waals surface area (Å²) in [7, 11) is 3.92. The van der Waals surface area contributed by atoms with E-state index in [1.54, 1.807) is 18.4 Å². The lowest BCUT2D eigenvalue weighted by molar-refractivity contribution is 0.618. The summed E-state index contributed by atoms with van der Waals surface area (Å²) in [5, 5.41) is 0. The van der Waals surface area contributed by atoms with Gasteiger partial charge in [0, 0.05) is 20.3 Å². The highest BCUT2D eigenvalue weighted by Crippen LogP contribution is 1.83. The Morgan fingerprint density at radius 3 is 2.50 bits per heavy atom. The molecular weight excluding hydrogens is 124 g/mol. The van der Waals surface area contributed by atoms with Crippen molar-refractivity contribution in [3.8, 4) is 0 Å². The van der Waals surface area contributed by atoms with E-state index in [-0.39, 0.29) is 0 Å². The minimum atomic E-state index is 0.984. The molecule has 0 bridgehead atoms. The number of hydrogen-bond donors (Lipinski definition) is 0. The zero-order valence-corrected chi connectivity index (χ0v) is 6.83. The molecule has 0 aliphatic heterocycles. The molecule has 0 fully saturated rings. The van der Waals surface area contributed by atoms with E-state index in [1.165, 1.54) is 0 Å². The fourth-order valence-corrected chi connectivity index (χ4v) is 0.327. The summed E-state index contributed by atoms with van der Waals surface area (Å²) in [5.74, 6) is 0.984. The Balaban J connectivity index is 3.91. The van der Waals surface area contributed by atoms with E-state index in [9.17, 15) is 0 Å². The van der Waals surface area contributed by atoms with Gasteiger partial charge >= 0.3 is 0 Å². The van der Waals surface area contributed by atoms with Crippen LogP contribution in [0.1, 0.15) is 6.92 Å². The van der Waals surface area contributed by atoms with E-state index >= 15 is 0 Å².